The molecule has 1 N–H and O–H groups in total. The number of anilines is 1. The molecule has 128 valence electrons. The Balaban J connectivity index is 1.72. The number of esters is 1. The van der Waals surface area contributed by atoms with Gasteiger partial charge in [0, 0.05) is 19.5 Å². The number of hydrogen-bond donors (Lipinski definition) is 1. The number of rotatable bonds is 7. The molecule has 2 aromatic rings. The van der Waals surface area contributed by atoms with Gasteiger partial charge < -0.3 is 14.8 Å². The largest absolute Gasteiger partial charge is 0.497 e. The van der Waals surface area contributed by atoms with Crippen molar-refractivity contribution >= 4 is 17.7 Å². The lowest BCUT2D eigenvalue weighted by Gasteiger charge is -2.07. The van der Waals surface area contributed by atoms with E-state index in [0.29, 0.717) is 12.2 Å². The fourth-order valence-electron chi connectivity index (χ4n) is 2.16. The molecule has 0 bridgehead atoms. The zero-order valence-electron chi connectivity index (χ0n) is 14.0. The predicted octanol–water partition coefficient (Wildman–Crippen LogP) is 1.85. The van der Waals surface area contributed by atoms with Crippen molar-refractivity contribution < 1.29 is 19.1 Å². The molecule has 0 aliphatic carbocycles. The summed E-state index contributed by atoms with van der Waals surface area (Å²) in [5.41, 5.74) is 1.80. The third-order valence-corrected chi connectivity index (χ3v) is 3.41. The van der Waals surface area contributed by atoms with E-state index in [4.69, 9.17) is 9.47 Å². The van der Waals surface area contributed by atoms with Gasteiger partial charge in [0.1, 0.15) is 11.6 Å². The first-order valence-corrected chi connectivity index (χ1v) is 7.57. The van der Waals surface area contributed by atoms with Crippen LogP contribution in [0.15, 0.2) is 30.3 Å². The van der Waals surface area contributed by atoms with E-state index in [0.717, 1.165) is 17.0 Å². The number of aryl methyl sites for hydroxylation is 3. The smallest absolute Gasteiger partial charge is 0.306 e. The average Bonchev–Trinajstić information content (AvgIpc) is 2.88. The Morgan fingerprint density at radius 3 is 2.54 bits per heavy atom. The van der Waals surface area contributed by atoms with E-state index < -0.39 is 11.9 Å². The van der Waals surface area contributed by atoms with Crippen LogP contribution in [0, 0.1) is 6.92 Å². The Morgan fingerprint density at radius 1 is 1.25 bits per heavy atom. The van der Waals surface area contributed by atoms with Crippen molar-refractivity contribution in [3.8, 4) is 5.75 Å². The van der Waals surface area contributed by atoms with Crippen molar-refractivity contribution in [2.75, 3.05) is 19.0 Å². The fraction of sp³-hybridized carbons (Fsp3) is 0.353. The quantitative estimate of drug-likeness (QED) is 0.783. The molecule has 0 aliphatic heterocycles. The van der Waals surface area contributed by atoms with Crippen LogP contribution in [-0.2, 0) is 27.8 Å². The highest BCUT2D eigenvalue weighted by Crippen LogP contribution is 2.13. The molecule has 1 heterocycles. The Bertz CT molecular complexity index is 707. The zero-order valence-corrected chi connectivity index (χ0v) is 14.0. The van der Waals surface area contributed by atoms with E-state index >= 15 is 0 Å². The van der Waals surface area contributed by atoms with Gasteiger partial charge in [0.15, 0.2) is 6.61 Å². The monoisotopic (exact) mass is 331 g/mol. The highest BCUT2D eigenvalue weighted by atomic mass is 16.5. The Labute approximate surface area is 140 Å². The van der Waals surface area contributed by atoms with E-state index in [9.17, 15) is 9.59 Å². The van der Waals surface area contributed by atoms with Crippen LogP contribution in [0.1, 0.15) is 17.7 Å². The average molecular weight is 331 g/mol. The molecule has 0 aliphatic rings. The first-order chi connectivity index (χ1) is 11.5. The minimum Gasteiger partial charge on any atom is -0.497 e. The van der Waals surface area contributed by atoms with Crippen LogP contribution in [0.25, 0.3) is 0 Å². The molecule has 1 aromatic carbocycles. The van der Waals surface area contributed by atoms with Gasteiger partial charge in [0.2, 0.25) is 0 Å². The van der Waals surface area contributed by atoms with Crippen LogP contribution >= 0.6 is 0 Å². The molecule has 0 unspecified atom stereocenters. The molecule has 7 nitrogen and oxygen atoms in total. The van der Waals surface area contributed by atoms with E-state index in [1.54, 1.807) is 24.9 Å². The van der Waals surface area contributed by atoms with Gasteiger partial charge in [-0.2, -0.15) is 5.10 Å². The molecule has 0 radical (unpaired) electrons. The summed E-state index contributed by atoms with van der Waals surface area (Å²) in [6.45, 7) is 1.51. The lowest BCUT2D eigenvalue weighted by molar-refractivity contribution is -0.147. The SMILES string of the molecule is COc1ccc(CCC(=O)OCC(=O)Nc2cc(C)nn2C)cc1. The number of ether oxygens (including phenoxy) is 2. The van der Waals surface area contributed by atoms with Gasteiger partial charge in [-0.1, -0.05) is 12.1 Å². The Hall–Kier alpha value is -2.83. The van der Waals surface area contributed by atoms with E-state index in [1.165, 1.54) is 0 Å². The van der Waals surface area contributed by atoms with Crippen molar-refractivity contribution in [1.29, 1.82) is 0 Å². The number of methoxy groups -OCH3 is 1. The third kappa shape index (κ3) is 5.12. The van der Waals surface area contributed by atoms with Gasteiger partial charge >= 0.3 is 5.97 Å². The second kappa shape index (κ2) is 8.14. The molecule has 0 saturated heterocycles. The number of nitrogens with one attached hydrogen (secondary N) is 1. The highest BCUT2D eigenvalue weighted by molar-refractivity contribution is 5.92. The van der Waals surface area contributed by atoms with Crippen molar-refractivity contribution in [3.63, 3.8) is 0 Å². The standard InChI is InChI=1S/C17H21N3O4/c1-12-10-15(20(2)19-12)18-16(21)11-24-17(22)9-6-13-4-7-14(23-3)8-5-13/h4-5,7-8,10H,6,9,11H2,1-3H3,(H,18,21). The molecule has 2 rings (SSSR count). The maximum absolute atomic E-state index is 11.8. The number of carbonyl (C=O) groups is 2. The minimum atomic E-state index is -0.415. The summed E-state index contributed by atoms with van der Waals surface area (Å²) in [5, 5.41) is 6.76. The molecule has 1 aromatic heterocycles. The highest BCUT2D eigenvalue weighted by Gasteiger charge is 2.10. The summed E-state index contributed by atoms with van der Waals surface area (Å²) < 4.78 is 11.6. The predicted molar refractivity (Wildman–Crippen MR) is 88.8 cm³/mol. The lowest BCUT2D eigenvalue weighted by atomic mass is 10.1. The lowest BCUT2D eigenvalue weighted by Crippen LogP contribution is -2.22. The van der Waals surface area contributed by atoms with Gasteiger partial charge in [-0.3, -0.25) is 14.3 Å². The van der Waals surface area contributed by atoms with E-state index in [-0.39, 0.29) is 13.0 Å². The molecule has 0 fully saturated rings. The van der Waals surface area contributed by atoms with Gasteiger partial charge in [0.25, 0.3) is 5.91 Å². The van der Waals surface area contributed by atoms with Gasteiger partial charge in [-0.25, -0.2) is 0 Å². The van der Waals surface area contributed by atoms with Crippen LogP contribution in [0.2, 0.25) is 0 Å². The van der Waals surface area contributed by atoms with Crippen molar-refractivity contribution in [2.45, 2.75) is 19.8 Å². The number of carbonyl (C=O) groups excluding carboxylic acids is 2. The zero-order chi connectivity index (χ0) is 17.5. The van der Waals surface area contributed by atoms with Gasteiger partial charge in [-0.15, -0.1) is 0 Å². The maximum Gasteiger partial charge on any atom is 0.306 e. The number of benzene rings is 1. The second-order valence-electron chi connectivity index (χ2n) is 5.35. The second-order valence-corrected chi connectivity index (χ2v) is 5.35. The van der Waals surface area contributed by atoms with Crippen LogP contribution in [0.4, 0.5) is 5.82 Å². The summed E-state index contributed by atoms with van der Waals surface area (Å²) in [6, 6.07) is 9.20. The van der Waals surface area contributed by atoms with Gasteiger partial charge in [-0.05, 0) is 31.0 Å². The van der Waals surface area contributed by atoms with Gasteiger partial charge in [0.05, 0.1) is 12.8 Å². The summed E-state index contributed by atoms with van der Waals surface area (Å²) >= 11 is 0. The third-order valence-electron chi connectivity index (χ3n) is 3.41. The van der Waals surface area contributed by atoms with Crippen LogP contribution in [0.5, 0.6) is 5.75 Å². The molecule has 0 atom stereocenters. The normalized spacial score (nSPS) is 10.3. The number of hydrogen-bond acceptors (Lipinski definition) is 5. The molecule has 0 spiro atoms. The molecule has 24 heavy (non-hydrogen) atoms. The molecule has 0 saturated carbocycles. The maximum atomic E-state index is 11.8. The van der Waals surface area contributed by atoms with Crippen LogP contribution in [-0.4, -0.2) is 35.4 Å². The summed E-state index contributed by atoms with van der Waals surface area (Å²) in [6.07, 6.45) is 0.760. The Morgan fingerprint density at radius 2 is 1.96 bits per heavy atom. The molecular formula is C17H21N3O4. The first kappa shape index (κ1) is 17.5. The van der Waals surface area contributed by atoms with Crippen molar-refractivity contribution in [1.82, 2.24) is 9.78 Å². The summed E-state index contributed by atoms with van der Waals surface area (Å²) in [7, 11) is 3.33. The van der Waals surface area contributed by atoms with E-state index in [2.05, 4.69) is 10.4 Å². The van der Waals surface area contributed by atoms with E-state index in [1.807, 2.05) is 31.2 Å². The minimum absolute atomic E-state index is 0.213. The fourth-order valence-corrected chi connectivity index (χ4v) is 2.16. The topological polar surface area (TPSA) is 82.4 Å². The summed E-state index contributed by atoms with van der Waals surface area (Å²) in [5.74, 6) is 0.521. The number of amides is 1. The first-order valence-electron chi connectivity index (χ1n) is 7.57. The molecule has 7 heteroatoms. The number of aromatic nitrogens is 2. The summed E-state index contributed by atoms with van der Waals surface area (Å²) in [4.78, 5) is 23.5. The van der Waals surface area contributed by atoms with Crippen molar-refractivity contribution in [2.24, 2.45) is 7.05 Å². The van der Waals surface area contributed by atoms with Crippen molar-refractivity contribution in [3.05, 3.63) is 41.6 Å². The Kier molecular flexibility index (Phi) is 5.95. The van der Waals surface area contributed by atoms with Crippen LogP contribution < -0.4 is 10.1 Å². The molecular weight excluding hydrogens is 310 g/mol. The number of nitrogens with zero attached hydrogens (tertiary/aromatic N) is 2. The van der Waals surface area contributed by atoms with Crippen LogP contribution in [0.3, 0.4) is 0 Å². The molecule has 1 amide bonds.